The summed E-state index contributed by atoms with van der Waals surface area (Å²) in [7, 11) is -2.36. The topological polar surface area (TPSA) is 63.7 Å². The number of esters is 1. The van der Waals surface area contributed by atoms with Crippen molar-refractivity contribution in [1.82, 2.24) is 4.31 Å². The van der Waals surface area contributed by atoms with Gasteiger partial charge in [-0.1, -0.05) is 11.6 Å². The van der Waals surface area contributed by atoms with Gasteiger partial charge in [0.05, 0.1) is 10.9 Å². The molecular weight excluding hydrogens is 298 g/mol. The van der Waals surface area contributed by atoms with Crippen LogP contribution < -0.4 is 0 Å². The Balaban J connectivity index is 2.89. The van der Waals surface area contributed by atoms with Crippen LogP contribution in [0.15, 0.2) is 10.3 Å². The maximum absolute atomic E-state index is 12.1. The summed E-state index contributed by atoms with van der Waals surface area (Å²) in [5, 5.41) is 0. The summed E-state index contributed by atoms with van der Waals surface area (Å²) >= 11 is 6.81. The molecule has 0 saturated heterocycles. The number of likely N-dealkylation sites (N-methyl/N-ethyl adjacent to an activating group) is 1. The minimum absolute atomic E-state index is 0.122. The van der Waals surface area contributed by atoms with Crippen molar-refractivity contribution in [2.45, 2.75) is 18.1 Å². The van der Waals surface area contributed by atoms with Crippen LogP contribution in [0.2, 0.25) is 4.34 Å². The van der Waals surface area contributed by atoms with E-state index in [0.717, 1.165) is 15.6 Å². The van der Waals surface area contributed by atoms with Gasteiger partial charge in [0.2, 0.25) is 0 Å². The van der Waals surface area contributed by atoms with E-state index in [0.29, 0.717) is 9.90 Å². The molecule has 8 heteroatoms. The largest absolute Gasteiger partial charge is 0.465 e. The first-order valence-corrected chi connectivity index (χ1v) is 7.80. The van der Waals surface area contributed by atoms with Crippen LogP contribution in [-0.2, 0) is 19.6 Å². The first-order chi connectivity index (χ1) is 8.28. The number of carbonyl (C=O) groups excluding carboxylic acids is 1. The molecule has 18 heavy (non-hydrogen) atoms. The molecule has 0 unspecified atom stereocenters. The van der Waals surface area contributed by atoms with Crippen molar-refractivity contribution in [1.29, 1.82) is 0 Å². The minimum atomic E-state index is -3.69. The number of nitrogens with zero attached hydrogens (tertiary/aromatic N) is 1. The van der Waals surface area contributed by atoms with E-state index in [1.54, 1.807) is 13.8 Å². The second-order valence-electron chi connectivity index (χ2n) is 3.59. The molecule has 5 nitrogen and oxygen atoms in total. The Kier molecular flexibility index (Phi) is 5.15. The number of sulfonamides is 1. The van der Waals surface area contributed by atoms with E-state index in [9.17, 15) is 13.2 Å². The summed E-state index contributed by atoms with van der Waals surface area (Å²) in [6, 6.07) is 1.49. The van der Waals surface area contributed by atoms with Gasteiger partial charge in [-0.3, -0.25) is 4.79 Å². The zero-order chi connectivity index (χ0) is 13.9. The number of aryl methyl sites for hydroxylation is 1. The molecular formula is C10H14ClNO4S2. The normalized spacial score (nSPS) is 11.8. The second kappa shape index (κ2) is 6.01. The Hall–Kier alpha value is -0.630. The van der Waals surface area contributed by atoms with Crippen molar-refractivity contribution in [2.75, 3.05) is 20.2 Å². The molecule has 0 saturated carbocycles. The summed E-state index contributed by atoms with van der Waals surface area (Å²) in [6.07, 6.45) is 0. The third-order valence-corrected chi connectivity index (χ3v) is 5.96. The van der Waals surface area contributed by atoms with Crippen molar-refractivity contribution < 1.29 is 17.9 Å². The highest BCUT2D eigenvalue weighted by Gasteiger charge is 2.25. The van der Waals surface area contributed by atoms with E-state index in [4.69, 9.17) is 16.3 Å². The van der Waals surface area contributed by atoms with Gasteiger partial charge >= 0.3 is 5.97 Å². The molecule has 1 heterocycles. The summed E-state index contributed by atoms with van der Waals surface area (Å²) in [5.41, 5.74) is 0.699. The quantitative estimate of drug-likeness (QED) is 0.779. The van der Waals surface area contributed by atoms with Gasteiger partial charge in [-0.25, -0.2) is 8.42 Å². The highest BCUT2D eigenvalue weighted by atomic mass is 35.5. The predicted molar refractivity (Wildman–Crippen MR) is 70.5 cm³/mol. The fraction of sp³-hybridized carbons (Fsp3) is 0.500. The van der Waals surface area contributed by atoms with E-state index < -0.39 is 16.0 Å². The third kappa shape index (κ3) is 3.44. The molecule has 0 spiro atoms. The van der Waals surface area contributed by atoms with E-state index >= 15 is 0 Å². The highest BCUT2D eigenvalue weighted by Crippen LogP contribution is 2.31. The molecule has 0 aromatic carbocycles. The van der Waals surface area contributed by atoms with E-state index in [1.165, 1.54) is 13.1 Å². The molecule has 0 fully saturated rings. The monoisotopic (exact) mass is 311 g/mol. The molecule has 0 radical (unpaired) electrons. The van der Waals surface area contributed by atoms with Crippen molar-refractivity contribution >= 4 is 38.9 Å². The SMILES string of the molecule is CCOC(=O)CN(C)S(=O)(=O)c1cc(C)c(Cl)s1. The number of ether oxygens (including phenoxy) is 1. The Morgan fingerprint density at radius 1 is 1.56 bits per heavy atom. The lowest BCUT2D eigenvalue weighted by Gasteiger charge is -2.14. The van der Waals surface area contributed by atoms with Crippen molar-refractivity contribution in [3.63, 3.8) is 0 Å². The Morgan fingerprint density at radius 2 is 2.17 bits per heavy atom. The second-order valence-corrected chi connectivity index (χ2v) is 7.51. The van der Waals surface area contributed by atoms with Gasteiger partial charge in [0.1, 0.15) is 10.8 Å². The first-order valence-electron chi connectivity index (χ1n) is 5.17. The van der Waals surface area contributed by atoms with Gasteiger partial charge in [0.15, 0.2) is 0 Å². The number of halogens is 1. The van der Waals surface area contributed by atoms with E-state index in [2.05, 4.69) is 0 Å². The average molecular weight is 312 g/mol. The van der Waals surface area contributed by atoms with E-state index in [1.807, 2.05) is 0 Å². The number of hydrogen-bond acceptors (Lipinski definition) is 5. The van der Waals surface area contributed by atoms with Crippen LogP contribution in [0.5, 0.6) is 0 Å². The fourth-order valence-electron chi connectivity index (χ4n) is 1.19. The Labute approximate surface area is 115 Å². The smallest absolute Gasteiger partial charge is 0.321 e. The van der Waals surface area contributed by atoms with Crippen LogP contribution in [0.25, 0.3) is 0 Å². The summed E-state index contributed by atoms with van der Waals surface area (Å²) in [5.74, 6) is -0.581. The molecule has 1 aromatic heterocycles. The maximum atomic E-state index is 12.1. The molecule has 0 aliphatic heterocycles. The number of carbonyl (C=O) groups is 1. The van der Waals surface area contributed by atoms with Crippen LogP contribution in [0, 0.1) is 6.92 Å². The van der Waals surface area contributed by atoms with Crippen molar-refractivity contribution in [2.24, 2.45) is 0 Å². The number of rotatable bonds is 5. The maximum Gasteiger partial charge on any atom is 0.321 e. The molecule has 0 bridgehead atoms. The molecule has 1 rings (SSSR count). The lowest BCUT2D eigenvalue weighted by atomic mass is 10.4. The molecule has 0 amide bonds. The van der Waals surface area contributed by atoms with Gasteiger partial charge in [0, 0.05) is 7.05 Å². The summed E-state index contributed by atoms with van der Waals surface area (Å²) in [6.45, 7) is 3.29. The molecule has 0 aliphatic rings. The molecule has 0 N–H and O–H groups in total. The van der Waals surface area contributed by atoms with Crippen molar-refractivity contribution in [3.8, 4) is 0 Å². The Morgan fingerprint density at radius 3 is 2.61 bits per heavy atom. The van der Waals surface area contributed by atoms with Crippen LogP contribution in [-0.4, -0.2) is 38.9 Å². The molecule has 0 atom stereocenters. The summed E-state index contributed by atoms with van der Waals surface area (Å²) < 4.78 is 30.4. The third-order valence-electron chi connectivity index (χ3n) is 2.16. The molecule has 0 aliphatic carbocycles. The fourth-order valence-corrected chi connectivity index (χ4v) is 4.22. The van der Waals surface area contributed by atoms with Crippen molar-refractivity contribution in [3.05, 3.63) is 16.0 Å². The van der Waals surface area contributed by atoms with Gasteiger partial charge in [-0.05, 0) is 25.5 Å². The van der Waals surface area contributed by atoms with Crippen LogP contribution >= 0.6 is 22.9 Å². The van der Waals surface area contributed by atoms with Crippen LogP contribution in [0.4, 0.5) is 0 Å². The lowest BCUT2D eigenvalue weighted by Crippen LogP contribution is -2.32. The first kappa shape index (κ1) is 15.4. The highest BCUT2D eigenvalue weighted by molar-refractivity contribution is 7.91. The zero-order valence-electron chi connectivity index (χ0n) is 10.3. The minimum Gasteiger partial charge on any atom is -0.465 e. The number of thiophene rings is 1. The average Bonchev–Trinajstić information content (AvgIpc) is 2.60. The molecule has 102 valence electrons. The lowest BCUT2D eigenvalue weighted by molar-refractivity contribution is -0.143. The number of hydrogen-bond donors (Lipinski definition) is 0. The van der Waals surface area contributed by atoms with Crippen LogP contribution in [0.3, 0.4) is 0 Å². The zero-order valence-corrected chi connectivity index (χ0v) is 12.7. The predicted octanol–water partition coefficient (Wildman–Crippen LogP) is 1.89. The van der Waals surface area contributed by atoms with E-state index in [-0.39, 0.29) is 17.4 Å². The van der Waals surface area contributed by atoms with Gasteiger partial charge < -0.3 is 4.74 Å². The molecule has 1 aromatic rings. The van der Waals surface area contributed by atoms with Gasteiger partial charge in [-0.15, -0.1) is 11.3 Å². The van der Waals surface area contributed by atoms with Crippen LogP contribution in [0.1, 0.15) is 12.5 Å². The standard InChI is InChI=1S/C10H14ClNO4S2/c1-4-16-8(13)6-12(3)18(14,15)9-5-7(2)10(11)17-9/h5H,4,6H2,1-3H3. The van der Waals surface area contributed by atoms with Gasteiger partial charge in [-0.2, -0.15) is 4.31 Å². The Bertz CT molecular complexity index is 519. The van der Waals surface area contributed by atoms with Gasteiger partial charge in [0.25, 0.3) is 10.0 Å². The summed E-state index contributed by atoms with van der Waals surface area (Å²) in [4.78, 5) is 11.3.